The molecule has 0 unspecified atom stereocenters. The predicted molar refractivity (Wildman–Crippen MR) is 129 cm³/mol. The number of hydrogen-bond acceptors (Lipinski definition) is 5. The molecule has 4 aromatic rings. The molecule has 2 heterocycles. The van der Waals surface area contributed by atoms with Crippen LogP contribution < -0.4 is 4.90 Å². The van der Waals surface area contributed by atoms with Gasteiger partial charge in [-0.2, -0.15) is 0 Å². The third kappa shape index (κ3) is 4.09. The molecule has 2 aromatic carbocycles. The van der Waals surface area contributed by atoms with Gasteiger partial charge in [-0.1, -0.05) is 41.7 Å². The molecule has 33 heavy (non-hydrogen) atoms. The molecule has 1 N–H and O–H groups in total. The van der Waals surface area contributed by atoms with Gasteiger partial charge in [0.1, 0.15) is 21.2 Å². The molecule has 0 amide bonds. The van der Waals surface area contributed by atoms with Crippen molar-refractivity contribution in [2.45, 2.75) is 31.6 Å². The monoisotopic (exact) mass is 461 g/mol. The first kappa shape index (κ1) is 21.5. The smallest absolute Gasteiger partial charge is 0.305 e. The summed E-state index contributed by atoms with van der Waals surface area (Å²) in [5.41, 5.74) is 4.17. The maximum Gasteiger partial charge on any atom is 0.305 e. The number of carbonyl (C=O) groups is 1. The van der Waals surface area contributed by atoms with Crippen molar-refractivity contribution in [3.8, 4) is 10.6 Å². The van der Waals surface area contributed by atoms with E-state index in [1.807, 2.05) is 36.1 Å². The van der Waals surface area contributed by atoms with Crippen LogP contribution in [-0.4, -0.2) is 34.1 Å². The van der Waals surface area contributed by atoms with Gasteiger partial charge in [-0.05, 0) is 55.7 Å². The predicted octanol–water partition coefficient (Wildman–Crippen LogP) is 5.88. The van der Waals surface area contributed by atoms with Gasteiger partial charge in [0.15, 0.2) is 0 Å². The lowest BCUT2D eigenvalue weighted by Gasteiger charge is -2.22. The maximum atomic E-state index is 15.1. The summed E-state index contributed by atoms with van der Waals surface area (Å²) in [7, 11) is 0. The first-order valence-electron chi connectivity index (χ1n) is 11.1. The van der Waals surface area contributed by atoms with Crippen LogP contribution in [0.25, 0.3) is 20.9 Å². The summed E-state index contributed by atoms with van der Waals surface area (Å²) in [6, 6.07) is 19.5. The van der Waals surface area contributed by atoms with Crippen molar-refractivity contribution < 1.29 is 14.3 Å². The van der Waals surface area contributed by atoms with E-state index < -0.39 is 5.97 Å². The van der Waals surface area contributed by atoms with E-state index in [1.165, 1.54) is 23.0 Å². The fraction of sp³-hybridized carbons (Fsp3) is 0.269. The zero-order valence-electron chi connectivity index (χ0n) is 18.3. The van der Waals surface area contributed by atoms with E-state index in [1.54, 1.807) is 6.07 Å². The minimum atomic E-state index is -0.868. The third-order valence-electron chi connectivity index (χ3n) is 6.35. The number of carboxylic acids is 1. The van der Waals surface area contributed by atoms with Gasteiger partial charge in [0.25, 0.3) is 0 Å². The summed E-state index contributed by atoms with van der Waals surface area (Å²) in [4.78, 5) is 23.1. The quantitative estimate of drug-likeness (QED) is 0.355. The number of carboxylic acid groups (broad SMARTS) is 1. The number of aromatic nitrogens is 2. The molecule has 0 aliphatic heterocycles. The molecule has 168 valence electrons. The molecule has 0 atom stereocenters. The second-order valence-corrected chi connectivity index (χ2v) is 9.35. The Hall–Kier alpha value is -3.32. The van der Waals surface area contributed by atoms with Crippen molar-refractivity contribution in [2.75, 3.05) is 18.0 Å². The van der Waals surface area contributed by atoms with E-state index in [0.717, 1.165) is 28.9 Å². The van der Waals surface area contributed by atoms with Crippen molar-refractivity contribution >= 4 is 33.3 Å². The first-order valence-corrected chi connectivity index (χ1v) is 11.9. The molecule has 5 nitrogen and oxygen atoms in total. The molecule has 1 aliphatic carbocycles. The van der Waals surface area contributed by atoms with Gasteiger partial charge < -0.3 is 10.0 Å². The Morgan fingerprint density at radius 2 is 1.91 bits per heavy atom. The maximum absolute atomic E-state index is 15.1. The van der Waals surface area contributed by atoms with E-state index in [4.69, 9.17) is 10.1 Å². The Morgan fingerprint density at radius 3 is 2.58 bits per heavy atom. The lowest BCUT2D eigenvalue weighted by molar-refractivity contribution is -0.136. The standard InChI is InChI=1S/C26H24FN3O2S/c1-2-30(15-12-23(31)32)18-8-9-19(20(27)16-18)24-28-21-10-11-22(29-25(21)33-24)26(13-14-26)17-6-4-3-5-7-17/h3-11,16H,2,12-15H2,1H3,(H,31,32). The Morgan fingerprint density at radius 1 is 1.12 bits per heavy atom. The van der Waals surface area contributed by atoms with Crippen LogP contribution in [0.2, 0.25) is 0 Å². The van der Waals surface area contributed by atoms with Crippen LogP contribution in [0.1, 0.15) is 37.4 Å². The molecule has 2 aromatic heterocycles. The van der Waals surface area contributed by atoms with Crippen LogP contribution >= 0.6 is 11.3 Å². The summed E-state index contributed by atoms with van der Waals surface area (Å²) >= 11 is 1.40. The average molecular weight is 462 g/mol. The molecular weight excluding hydrogens is 437 g/mol. The Kier molecular flexibility index (Phi) is 5.58. The SMILES string of the molecule is CCN(CCC(=O)O)c1ccc(-c2nc3ccc(C4(c5ccccc5)CC4)nc3s2)c(F)c1. The Labute approximate surface area is 195 Å². The number of pyridine rings is 1. The second-order valence-electron chi connectivity index (χ2n) is 8.38. The van der Waals surface area contributed by atoms with Gasteiger partial charge in [0.05, 0.1) is 12.1 Å². The van der Waals surface area contributed by atoms with Gasteiger partial charge in [0.2, 0.25) is 0 Å². The number of aliphatic carboxylic acids is 1. The number of anilines is 1. The summed E-state index contributed by atoms with van der Waals surface area (Å²) in [5, 5.41) is 9.54. The Bertz CT molecular complexity index is 1320. The number of fused-ring (bicyclic) bond motifs is 1. The van der Waals surface area contributed by atoms with E-state index in [-0.39, 0.29) is 17.7 Å². The molecule has 0 saturated heterocycles. The van der Waals surface area contributed by atoms with Gasteiger partial charge in [-0.3, -0.25) is 4.79 Å². The van der Waals surface area contributed by atoms with Gasteiger partial charge >= 0.3 is 5.97 Å². The van der Waals surface area contributed by atoms with E-state index in [2.05, 4.69) is 29.2 Å². The van der Waals surface area contributed by atoms with Crippen LogP contribution in [0, 0.1) is 5.82 Å². The minimum absolute atomic E-state index is 0.00750. The largest absolute Gasteiger partial charge is 0.481 e. The minimum Gasteiger partial charge on any atom is -0.481 e. The van der Waals surface area contributed by atoms with Crippen molar-refractivity contribution in [1.29, 1.82) is 0 Å². The zero-order chi connectivity index (χ0) is 23.0. The van der Waals surface area contributed by atoms with Gasteiger partial charge in [-0.25, -0.2) is 14.4 Å². The lowest BCUT2D eigenvalue weighted by Crippen LogP contribution is -2.25. The average Bonchev–Trinajstić information content (AvgIpc) is 3.53. The number of benzene rings is 2. The molecular formula is C26H24FN3O2S. The molecule has 1 aliphatic rings. The number of halogens is 1. The number of nitrogens with zero attached hydrogens (tertiary/aromatic N) is 3. The van der Waals surface area contributed by atoms with E-state index in [9.17, 15) is 4.79 Å². The van der Waals surface area contributed by atoms with Crippen LogP contribution in [0.3, 0.4) is 0 Å². The third-order valence-corrected chi connectivity index (χ3v) is 7.35. The summed E-state index contributed by atoms with van der Waals surface area (Å²) < 4.78 is 15.1. The van der Waals surface area contributed by atoms with Crippen molar-refractivity contribution in [2.24, 2.45) is 0 Å². The molecule has 5 rings (SSSR count). The normalized spacial score (nSPS) is 14.4. The summed E-state index contributed by atoms with van der Waals surface area (Å²) in [6.07, 6.45) is 2.16. The molecule has 7 heteroatoms. The number of rotatable bonds is 8. The van der Waals surface area contributed by atoms with Crippen molar-refractivity contribution in [1.82, 2.24) is 9.97 Å². The van der Waals surface area contributed by atoms with Crippen LogP contribution in [-0.2, 0) is 10.2 Å². The van der Waals surface area contributed by atoms with Crippen LogP contribution in [0.4, 0.5) is 10.1 Å². The fourth-order valence-corrected chi connectivity index (χ4v) is 5.31. The second kappa shape index (κ2) is 8.56. The Balaban J connectivity index is 1.44. The van der Waals surface area contributed by atoms with E-state index in [0.29, 0.717) is 29.3 Å². The van der Waals surface area contributed by atoms with Crippen LogP contribution in [0.5, 0.6) is 0 Å². The highest BCUT2D eigenvalue weighted by molar-refractivity contribution is 7.21. The lowest BCUT2D eigenvalue weighted by atomic mass is 9.92. The number of hydrogen-bond donors (Lipinski definition) is 1. The zero-order valence-corrected chi connectivity index (χ0v) is 19.1. The highest BCUT2D eigenvalue weighted by Crippen LogP contribution is 2.53. The van der Waals surface area contributed by atoms with Crippen molar-refractivity contribution in [3.63, 3.8) is 0 Å². The summed E-state index contributed by atoms with van der Waals surface area (Å²) in [5.74, 6) is -1.24. The molecule has 1 fully saturated rings. The van der Waals surface area contributed by atoms with Gasteiger partial charge in [-0.15, -0.1) is 0 Å². The van der Waals surface area contributed by atoms with Crippen molar-refractivity contribution in [3.05, 3.63) is 77.7 Å². The van der Waals surface area contributed by atoms with Gasteiger partial charge in [0, 0.05) is 29.8 Å². The van der Waals surface area contributed by atoms with Crippen LogP contribution in [0.15, 0.2) is 60.7 Å². The molecule has 0 spiro atoms. The molecule has 1 saturated carbocycles. The molecule has 0 bridgehead atoms. The first-order chi connectivity index (χ1) is 16.0. The molecule has 0 radical (unpaired) electrons. The number of thiazole rings is 1. The van der Waals surface area contributed by atoms with E-state index >= 15 is 4.39 Å². The topological polar surface area (TPSA) is 66.3 Å². The highest BCUT2D eigenvalue weighted by Gasteiger charge is 2.47. The summed E-state index contributed by atoms with van der Waals surface area (Å²) in [6.45, 7) is 2.86. The fourth-order valence-electron chi connectivity index (χ4n) is 4.35. The highest BCUT2D eigenvalue weighted by atomic mass is 32.1.